The average Bonchev–Trinajstić information content (AvgIpc) is 2.95. The van der Waals surface area contributed by atoms with Crippen LogP contribution in [0.25, 0.3) is 5.76 Å². The molecular formula is C23H22ClNO4. The van der Waals surface area contributed by atoms with Gasteiger partial charge in [0.1, 0.15) is 11.5 Å². The van der Waals surface area contributed by atoms with Gasteiger partial charge in [-0.3, -0.25) is 9.59 Å². The van der Waals surface area contributed by atoms with E-state index in [9.17, 15) is 14.7 Å². The minimum absolute atomic E-state index is 0.0286. The van der Waals surface area contributed by atoms with Crippen LogP contribution in [0.2, 0.25) is 5.02 Å². The van der Waals surface area contributed by atoms with Gasteiger partial charge in [0.15, 0.2) is 0 Å². The third-order valence-electron chi connectivity index (χ3n) is 4.76. The molecule has 0 saturated carbocycles. The molecule has 1 saturated heterocycles. The Balaban J connectivity index is 2.15. The second-order valence-corrected chi connectivity index (χ2v) is 7.14. The van der Waals surface area contributed by atoms with Gasteiger partial charge < -0.3 is 14.7 Å². The summed E-state index contributed by atoms with van der Waals surface area (Å²) in [6.45, 7) is 8.10. The van der Waals surface area contributed by atoms with Crippen LogP contribution in [0.3, 0.4) is 0 Å². The van der Waals surface area contributed by atoms with E-state index >= 15 is 0 Å². The molecule has 5 nitrogen and oxygen atoms in total. The molecule has 1 atom stereocenters. The predicted molar refractivity (Wildman–Crippen MR) is 113 cm³/mol. The largest absolute Gasteiger partial charge is 0.507 e. The maximum atomic E-state index is 12.8. The zero-order valence-electron chi connectivity index (χ0n) is 16.3. The van der Waals surface area contributed by atoms with E-state index in [1.54, 1.807) is 18.2 Å². The van der Waals surface area contributed by atoms with E-state index in [1.807, 2.05) is 38.1 Å². The van der Waals surface area contributed by atoms with Crippen molar-refractivity contribution in [2.75, 3.05) is 13.2 Å². The molecule has 1 aliphatic rings. The molecule has 1 N–H and O–H groups in total. The van der Waals surface area contributed by atoms with Crippen molar-refractivity contribution in [3.05, 3.63) is 82.4 Å². The monoisotopic (exact) mass is 411 g/mol. The molecule has 0 aromatic heterocycles. The van der Waals surface area contributed by atoms with Gasteiger partial charge in [0, 0.05) is 12.1 Å². The number of aliphatic hydroxyl groups excluding tert-OH is 1. The maximum Gasteiger partial charge on any atom is 0.295 e. The third-order valence-corrected chi connectivity index (χ3v) is 5.06. The molecule has 29 heavy (non-hydrogen) atoms. The summed E-state index contributed by atoms with van der Waals surface area (Å²) in [5.41, 5.74) is 2.15. The fourth-order valence-corrected chi connectivity index (χ4v) is 3.61. The van der Waals surface area contributed by atoms with Gasteiger partial charge in [-0.25, -0.2) is 0 Å². The van der Waals surface area contributed by atoms with E-state index < -0.39 is 17.7 Å². The zero-order chi connectivity index (χ0) is 21.1. The summed E-state index contributed by atoms with van der Waals surface area (Å²) >= 11 is 6.24. The Bertz CT molecular complexity index is 994. The van der Waals surface area contributed by atoms with Crippen molar-refractivity contribution < 1.29 is 19.4 Å². The number of halogens is 1. The van der Waals surface area contributed by atoms with Gasteiger partial charge >= 0.3 is 0 Å². The Kier molecular flexibility index (Phi) is 6.09. The van der Waals surface area contributed by atoms with Crippen LogP contribution in [0.4, 0.5) is 0 Å². The van der Waals surface area contributed by atoms with Gasteiger partial charge in [-0.1, -0.05) is 47.5 Å². The summed E-state index contributed by atoms with van der Waals surface area (Å²) in [6.07, 6.45) is 1.56. The summed E-state index contributed by atoms with van der Waals surface area (Å²) in [6, 6.07) is 11.5. The molecule has 1 fully saturated rings. The van der Waals surface area contributed by atoms with Crippen LogP contribution < -0.4 is 4.74 Å². The number of rotatable bonds is 6. The number of aryl methyl sites for hydroxylation is 1. The van der Waals surface area contributed by atoms with Gasteiger partial charge in [-0.15, -0.1) is 6.58 Å². The second kappa shape index (κ2) is 8.53. The molecule has 6 heteroatoms. The van der Waals surface area contributed by atoms with Crippen LogP contribution in [-0.4, -0.2) is 34.8 Å². The maximum absolute atomic E-state index is 12.8. The first-order chi connectivity index (χ1) is 13.9. The van der Waals surface area contributed by atoms with Crippen molar-refractivity contribution in [3.63, 3.8) is 0 Å². The third kappa shape index (κ3) is 3.91. The first-order valence-corrected chi connectivity index (χ1v) is 9.65. The number of carbonyl (C=O) groups excluding carboxylic acids is 2. The number of amides is 1. The summed E-state index contributed by atoms with van der Waals surface area (Å²) in [7, 11) is 0. The van der Waals surface area contributed by atoms with Crippen molar-refractivity contribution >= 4 is 29.1 Å². The van der Waals surface area contributed by atoms with Gasteiger partial charge in [0.05, 0.1) is 23.2 Å². The standard InChI is InChI=1S/C23H22ClNO4/c1-4-12-25-20(15-8-6-14(3)7-9-15)19(22(27)23(25)28)21(26)16-10-11-18(29-5-2)17(24)13-16/h4,6-11,13,20,26H,1,5,12H2,2-3H3/t20-/m0/s1. The molecule has 0 spiro atoms. The molecule has 0 unspecified atom stereocenters. The Morgan fingerprint density at radius 1 is 1.24 bits per heavy atom. The Morgan fingerprint density at radius 2 is 1.93 bits per heavy atom. The fourth-order valence-electron chi connectivity index (χ4n) is 3.38. The van der Waals surface area contributed by atoms with Crippen molar-refractivity contribution in [3.8, 4) is 5.75 Å². The van der Waals surface area contributed by atoms with Crippen LogP contribution in [0, 0.1) is 6.92 Å². The van der Waals surface area contributed by atoms with Crippen molar-refractivity contribution in [1.82, 2.24) is 4.90 Å². The highest BCUT2D eigenvalue weighted by atomic mass is 35.5. The molecular weight excluding hydrogens is 390 g/mol. The lowest BCUT2D eigenvalue weighted by atomic mass is 9.94. The molecule has 1 heterocycles. The average molecular weight is 412 g/mol. The van der Waals surface area contributed by atoms with Crippen LogP contribution in [0.1, 0.15) is 29.7 Å². The number of aliphatic hydroxyl groups is 1. The van der Waals surface area contributed by atoms with E-state index in [-0.39, 0.29) is 17.9 Å². The predicted octanol–water partition coefficient (Wildman–Crippen LogP) is 4.65. The lowest BCUT2D eigenvalue weighted by Crippen LogP contribution is -2.29. The van der Waals surface area contributed by atoms with Crippen LogP contribution >= 0.6 is 11.6 Å². The van der Waals surface area contributed by atoms with E-state index in [0.29, 0.717) is 22.9 Å². The Hall–Kier alpha value is -3.05. The lowest BCUT2D eigenvalue weighted by Gasteiger charge is -2.24. The van der Waals surface area contributed by atoms with Gasteiger partial charge in [0.25, 0.3) is 11.7 Å². The molecule has 1 aliphatic heterocycles. The highest BCUT2D eigenvalue weighted by Crippen LogP contribution is 2.40. The Morgan fingerprint density at radius 3 is 2.52 bits per heavy atom. The first-order valence-electron chi connectivity index (χ1n) is 9.27. The van der Waals surface area contributed by atoms with Crippen molar-refractivity contribution in [2.45, 2.75) is 19.9 Å². The van der Waals surface area contributed by atoms with Crippen molar-refractivity contribution in [1.29, 1.82) is 0 Å². The highest BCUT2D eigenvalue weighted by Gasteiger charge is 2.45. The number of carbonyl (C=O) groups is 2. The molecule has 0 bridgehead atoms. The smallest absolute Gasteiger partial charge is 0.295 e. The minimum atomic E-state index is -0.736. The summed E-state index contributed by atoms with van der Waals surface area (Å²) in [5.74, 6) is -1.20. The van der Waals surface area contributed by atoms with E-state index in [0.717, 1.165) is 11.1 Å². The number of benzene rings is 2. The Labute approximate surface area is 174 Å². The number of ether oxygens (including phenoxy) is 1. The normalized spacial score (nSPS) is 18.2. The summed E-state index contributed by atoms with van der Waals surface area (Å²) in [5, 5.41) is 11.3. The molecule has 3 rings (SSSR count). The minimum Gasteiger partial charge on any atom is -0.507 e. The zero-order valence-corrected chi connectivity index (χ0v) is 17.1. The van der Waals surface area contributed by atoms with Gasteiger partial charge in [-0.2, -0.15) is 0 Å². The fraction of sp³-hybridized carbons (Fsp3) is 0.217. The van der Waals surface area contributed by atoms with Gasteiger partial charge in [-0.05, 0) is 37.6 Å². The summed E-state index contributed by atoms with van der Waals surface area (Å²) in [4.78, 5) is 26.8. The van der Waals surface area contributed by atoms with Crippen LogP contribution in [-0.2, 0) is 9.59 Å². The number of nitrogens with zero attached hydrogens (tertiary/aromatic N) is 1. The number of hydrogen-bond acceptors (Lipinski definition) is 4. The number of hydrogen-bond donors (Lipinski definition) is 1. The lowest BCUT2D eigenvalue weighted by molar-refractivity contribution is -0.139. The molecule has 150 valence electrons. The number of likely N-dealkylation sites (tertiary alicyclic amines) is 1. The number of ketones is 1. The van der Waals surface area contributed by atoms with Crippen molar-refractivity contribution in [2.24, 2.45) is 0 Å². The van der Waals surface area contributed by atoms with Gasteiger partial charge in [0.2, 0.25) is 0 Å². The number of Topliss-reactive ketones (excluding diaryl/α,β-unsaturated/α-hetero) is 1. The molecule has 0 radical (unpaired) electrons. The first kappa shape index (κ1) is 20.7. The summed E-state index contributed by atoms with van der Waals surface area (Å²) < 4.78 is 5.42. The molecule has 2 aromatic carbocycles. The quantitative estimate of drug-likeness (QED) is 0.325. The second-order valence-electron chi connectivity index (χ2n) is 6.73. The topological polar surface area (TPSA) is 66.8 Å². The SMILES string of the molecule is C=CCN1C(=O)C(=O)C(=C(O)c2ccc(OCC)c(Cl)c2)[C@@H]1c1ccc(C)cc1. The molecule has 1 amide bonds. The molecule has 2 aromatic rings. The molecule has 0 aliphatic carbocycles. The van der Waals surface area contributed by atoms with E-state index in [4.69, 9.17) is 16.3 Å². The van der Waals surface area contributed by atoms with Crippen LogP contribution in [0.15, 0.2) is 60.7 Å². The van der Waals surface area contributed by atoms with Crippen LogP contribution in [0.5, 0.6) is 5.75 Å². The highest BCUT2D eigenvalue weighted by molar-refractivity contribution is 6.46. The van der Waals surface area contributed by atoms with E-state index in [1.165, 1.54) is 11.0 Å². The van der Waals surface area contributed by atoms with E-state index in [2.05, 4.69) is 6.58 Å².